The highest BCUT2D eigenvalue weighted by molar-refractivity contribution is 5.76. The summed E-state index contributed by atoms with van der Waals surface area (Å²) >= 11 is 0. The zero-order chi connectivity index (χ0) is 20.6. The first-order chi connectivity index (χ1) is 14.0. The van der Waals surface area contributed by atoms with E-state index in [1.165, 1.54) is 12.1 Å². The van der Waals surface area contributed by atoms with Gasteiger partial charge in [-0.1, -0.05) is 26.0 Å². The monoisotopic (exact) mass is 396 g/mol. The van der Waals surface area contributed by atoms with Crippen molar-refractivity contribution in [1.82, 2.24) is 20.3 Å². The second-order valence-corrected chi connectivity index (χ2v) is 7.21. The molecular formula is C22H25FN4O2. The summed E-state index contributed by atoms with van der Waals surface area (Å²) in [6.45, 7) is 4.66. The van der Waals surface area contributed by atoms with E-state index in [1.807, 2.05) is 24.3 Å². The molecule has 0 saturated heterocycles. The minimum atomic E-state index is -0.305. The summed E-state index contributed by atoms with van der Waals surface area (Å²) in [6, 6.07) is 13.4. The molecule has 0 radical (unpaired) electrons. The number of hydrogen-bond acceptors (Lipinski definition) is 4. The number of carbonyl (C=O) groups excluding carboxylic acids is 1. The molecule has 0 saturated carbocycles. The van der Waals surface area contributed by atoms with Crippen molar-refractivity contribution in [2.75, 3.05) is 0 Å². The van der Waals surface area contributed by atoms with Crippen LogP contribution in [0.3, 0.4) is 0 Å². The quantitative estimate of drug-likeness (QED) is 0.594. The van der Waals surface area contributed by atoms with Crippen molar-refractivity contribution >= 4 is 5.91 Å². The Morgan fingerprint density at radius 2 is 1.83 bits per heavy atom. The summed E-state index contributed by atoms with van der Waals surface area (Å²) in [4.78, 5) is 14.0. The average Bonchev–Trinajstić information content (AvgIpc) is 3.21. The van der Waals surface area contributed by atoms with Crippen molar-refractivity contribution < 1.29 is 13.9 Å². The van der Waals surface area contributed by atoms with E-state index in [2.05, 4.69) is 29.4 Å². The molecule has 0 bridgehead atoms. The number of hydrogen-bond donors (Lipinski definition) is 1. The van der Waals surface area contributed by atoms with Crippen LogP contribution in [0.25, 0.3) is 0 Å². The van der Waals surface area contributed by atoms with Crippen LogP contribution in [0.1, 0.15) is 25.8 Å². The number of halogens is 1. The maximum Gasteiger partial charge on any atom is 0.220 e. The molecule has 1 unspecified atom stereocenters. The summed E-state index contributed by atoms with van der Waals surface area (Å²) < 4.78 is 18.8. The number of aryl methyl sites for hydroxylation is 1. The predicted molar refractivity (Wildman–Crippen MR) is 108 cm³/mol. The smallest absolute Gasteiger partial charge is 0.220 e. The molecule has 7 heteroatoms. The summed E-state index contributed by atoms with van der Waals surface area (Å²) in [5.41, 5.74) is 0.995. The summed E-state index contributed by atoms with van der Waals surface area (Å²) in [5.74, 6) is 1.16. The van der Waals surface area contributed by atoms with Gasteiger partial charge in [-0.3, -0.25) is 4.79 Å². The first-order valence-electron chi connectivity index (χ1n) is 9.65. The molecule has 0 spiro atoms. The third-order valence-corrected chi connectivity index (χ3v) is 4.57. The van der Waals surface area contributed by atoms with Crippen molar-refractivity contribution in [3.8, 4) is 11.5 Å². The Labute approximate surface area is 169 Å². The van der Waals surface area contributed by atoms with Crippen LogP contribution in [-0.4, -0.2) is 26.9 Å². The standard InChI is InChI=1S/C22H25FN4O2/c1-16(2)21(15-27-24-12-13-25-27)26-22(28)11-6-17-4-3-5-20(14-17)29-19-9-7-18(23)8-10-19/h3-5,7-10,12-14,16,21H,6,11,15H2,1-2H3,(H,26,28). The normalized spacial score (nSPS) is 12.0. The van der Waals surface area contributed by atoms with Crippen LogP contribution in [0.2, 0.25) is 0 Å². The van der Waals surface area contributed by atoms with Crippen molar-refractivity contribution in [3.63, 3.8) is 0 Å². The number of nitrogens with zero attached hydrogens (tertiary/aromatic N) is 3. The molecule has 1 aromatic heterocycles. The van der Waals surface area contributed by atoms with Gasteiger partial charge in [-0.25, -0.2) is 4.39 Å². The third kappa shape index (κ3) is 6.41. The molecule has 3 rings (SSSR count). The minimum absolute atomic E-state index is 0.0132. The van der Waals surface area contributed by atoms with Crippen LogP contribution in [-0.2, 0) is 17.8 Å². The van der Waals surface area contributed by atoms with E-state index in [-0.39, 0.29) is 23.7 Å². The first-order valence-corrected chi connectivity index (χ1v) is 9.65. The van der Waals surface area contributed by atoms with E-state index in [4.69, 9.17) is 4.74 Å². The van der Waals surface area contributed by atoms with Crippen LogP contribution in [0.5, 0.6) is 11.5 Å². The summed E-state index contributed by atoms with van der Waals surface area (Å²) in [5, 5.41) is 11.3. The second kappa shape index (κ2) is 9.82. The van der Waals surface area contributed by atoms with Gasteiger partial charge in [0, 0.05) is 6.42 Å². The zero-order valence-electron chi connectivity index (χ0n) is 16.6. The fourth-order valence-corrected chi connectivity index (χ4v) is 2.88. The van der Waals surface area contributed by atoms with E-state index in [0.717, 1.165) is 5.56 Å². The maximum absolute atomic E-state index is 13.0. The van der Waals surface area contributed by atoms with Crippen LogP contribution >= 0.6 is 0 Å². The van der Waals surface area contributed by atoms with Gasteiger partial charge in [0.2, 0.25) is 5.91 Å². The Kier molecular flexibility index (Phi) is 6.94. The van der Waals surface area contributed by atoms with Gasteiger partial charge in [-0.2, -0.15) is 15.0 Å². The lowest BCUT2D eigenvalue weighted by Gasteiger charge is -2.21. The minimum Gasteiger partial charge on any atom is -0.457 e. The Hall–Kier alpha value is -3.22. The van der Waals surface area contributed by atoms with Crippen LogP contribution in [0, 0.1) is 11.7 Å². The van der Waals surface area contributed by atoms with Gasteiger partial charge in [0.15, 0.2) is 0 Å². The highest BCUT2D eigenvalue weighted by atomic mass is 19.1. The van der Waals surface area contributed by atoms with Crippen LogP contribution < -0.4 is 10.1 Å². The Morgan fingerprint density at radius 1 is 1.10 bits per heavy atom. The summed E-state index contributed by atoms with van der Waals surface area (Å²) in [6.07, 6.45) is 4.22. The van der Waals surface area contributed by atoms with Gasteiger partial charge in [0.25, 0.3) is 0 Å². The maximum atomic E-state index is 13.0. The fourth-order valence-electron chi connectivity index (χ4n) is 2.88. The second-order valence-electron chi connectivity index (χ2n) is 7.21. The van der Waals surface area contributed by atoms with Crippen molar-refractivity contribution in [1.29, 1.82) is 0 Å². The number of benzene rings is 2. The molecule has 152 valence electrons. The Morgan fingerprint density at radius 3 is 2.52 bits per heavy atom. The molecule has 6 nitrogen and oxygen atoms in total. The lowest BCUT2D eigenvalue weighted by Crippen LogP contribution is -2.42. The number of nitrogens with one attached hydrogen (secondary N) is 1. The molecule has 2 aromatic carbocycles. The van der Waals surface area contributed by atoms with Crippen molar-refractivity contribution in [3.05, 3.63) is 72.3 Å². The van der Waals surface area contributed by atoms with Gasteiger partial charge < -0.3 is 10.1 Å². The van der Waals surface area contributed by atoms with E-state index >= 15 is 0 Å². The number of carbonyl (C=O) groups is 1. The third-order valence-electron chi connectivity index (χ3n) is 4.57. The van der Waals surface area contributed by atoms with E-state index < -0.39 is 0 Å². The fraction of sp³-hybridized carbons (Fsp3) is 0.318. The SMILES string of the molecule is CC(C)C(Cn1nccn1)NC(=O)CCc1cccc(Oc2ccc(F)cc2)c1. The molecule has 0 aliphatic heterocycles. The predicted octanol–water partition coefficient (Wildman–Crippen LogP) is 3.98. The van der Waals surface area contributed by atoms with Gasteiger partial charge in [0.05, 0.1) is 25.0 Å². The zero-order valence-corrected chi connectivity index (χ0v) is 16.6. The van der Waals surface area contributed by atoms with Crippen molar-refractivity contribution in [2.24, 2.45) is 5.92 Å². The first kappa shape index (κ1) is 20.5. The number of aromatic nitrogens is 3. The van der Waals surface area contributed by atoms with Crippen molar-refractivity contribution in [2.45, 2.75) is 39.3 Å². The topological polar surface area (TPSA) is 69.0 Å². The largest absolute Gasteiger partial charge is 0.457 e. The molecule has 1 atom stereocenters. The number of rotatable bonds is 9. The van der Waals surface area contributed by atoms with Crippen LogP contribution in [0.15, 0.2) is 60.9 Å². The summed E-state index contributed by atoms with van der Waals surface area (Å²) in [7, 11) is 0. The Bertz CT molecular complexity index is 911. The molecule has 3 aromatic rings. The van der Waals surface area contributed by atoms with Gasteiger partial charge in [0.1, 0.15) is 17.3 Å². The Balaban J connectivity index is 1.53. The highest BCUT2D eigenvalue weighted by Crippen LogP contribution is 2.23. The van der Waals surface area contributed by atoms with Gasteiger partial charge in [-0.15, -0.1) is 0 Å². The molecule has 29 heavy (non-hydrogen) atoms. The molecule has 1 N–H and O–H groups in total. The van der Waals surface area contributed by atoms with E-state index in [1.54, 1.807) is 29.3 Å². The van der Waals surface area contributed by atoms with E-state index in [0.29, 0.717) is 30.9 Å². The number of amides is 1. The van der Waals surface area contributed by atoms with E-state index in [9.17, 15) is 9.18 Å². The molecule has 1 amide bonds. The molecule has 0 fully saturated rings. The highest BCUT2D eigenvalue weighted by Gasteiger charge is 2.17. The lowest BCUT2D eigenvalue weighted by atomic mass is 10.0. The number of ether oxygens (including phenoxy) is 1. The molecule has 0 aliphatic rings. The molecule has 0 aliphatic carbocycles. The van der Waals surface area contributed by atoms with Crippen LogP contribution in [0.4, 0.5) is 4.39 Å². The average molecular weight is 396 g/mol. The molecular weight excluding hydrogens is 371 g/mol. The molecule has 1 heterocycles. The van der Waals surface area contributed by atoms with Gasteiger partial charge >= 0.3 is 0 Å². The lowest BCUT2D eigenvalue weighted by molar-refractivity contribution is -0.122. The van der Waals surface area contributed by atoms with Gasteiger partial charge in [-0.05, 0) is 54.3 Å².